The van der Waals surface area contributed by atoms with Gasteiger partial charge in [-0.25, -0.2) is 0 Å². The van der Waals surface area contributed by atoms with Crippen LogP contribution in [0.15, 0.2) is 48.5 Å². The third-order valence-corrected chi connectivity index (χ3v) is 3.50. The van der Waals surface area contributed by atoms with E-state index >= 15 is 0 Å². The number of ether oxygens (including phenoxy) is 1. The van der Waals surface area contributed by atoms with Crippen LogP contribution in [0.3, 0.4) is 0 Å². The van der Waals surface area contributed by atoms with Crippen molar-refractivity contribution in [1.29, 1.82) is 0 Å². The molecular formula is C16H18N2O. The van der Waals surface area contributed by atoms with Gasteiger partial charge in [0.2, 0.25) is 0 Å². The number of benzene rings is 2. The van der Waals surface area contributed by atoms with Crippen molar-refractivity contribution in [1.82, 2.24) is 0 Å². The molecule has 3 nitrogen and oxygen atoms in total. The van der Waals surface area contributed by atoms with Gasteiger partial charge in [0.05, 0.1) is 13.2 Å². The van der Waals surface area contributed by atoms with Gasteiger partial charge < -0.3 is 15.4 Å². The average molecular weight is 254 g/mol. The highest BCUT2D eigenvalue weighted by Crippen LogP contribution is 2.29. The summed E-state index contributed by atoms with van der Waals surface area (Å²) in [5.74, 6) is 0. The SMILES string of the molecule is Nc1cc(N2CCOCC2)ccc1-c1ccccc1. The van der Waals surface area contributed by atoms with E-state index in [2.05, 4.69) is 35.2 Å². The summed E-state index contributed by atoms with van der Waals surface area (Å²) in [5.41, 5.74) is 10.5. The minimum absolute atomic E-state index is 0.792. The van der Waals surface area contributed by atoms with Crippen molar-refractivity contribution < 1.29 is 4.74 Å². The van der Waals surface area contributed by atoms with E-state index in [0.717, 1.165) is 43.1 Å². The standard InChI is InChI=1S/C16H18N2O/c17-16-12-14(18-8-10-19-11-9-18)6-7-15(16)13-4-2-1-3-5-13/h1-7,12H,8-11,17H2. The monoisotopic (exact) mass is 254 g/mol. The Morgan fingerprint density at radius 2 is 1.68 bits per heavy atom. The van der Waals surface area contributed by atoms with Crippen LogP contribution in [-0.2, 0) is 4.74 Å². The van der Waals surface area contributed by atoms with Gasteiger partial charge in [0.15, 0.2) is 0 Å². The summed E-state index contributed by atoms with van der Waals surface area (Å²) in [6.07, 6.45) is 0. The van der Waals surface area contributed by atoms with Gasteiger partial charge in [-0.1, -0.05) is 36.4 Å². The highest BCUT2D eigenvalue weighted by molar-refractivity contribution is 5.79. The maximum absolute atomic E-state index is 6.20. The first-order chi connectivity index (χ1) is 9.34. The number of rotatable bonds is 2. The highest BCUT2D eigenvalue weighted by Gasteiger charge is 2.12. The molecule has 2 aromatic carbocycles. The van der Waals surface area contributed by atoms with Crippen LogP contribution in [-0.4, -0.2) is 26.3 Å². The third-order valence-electron chi connectivity index (χ3n) is 3.50. The van der Waals surface area contributed by atoms with Crippen LogP contribution in [0.5, 0.6) is 0 Å². The molecule has 1 aliphatic rings. The van der Waals surface area contributed by atoms with Crippen LogP contribution in [0.25, 0.3) is 11.1 Å². The summed E-state index contributed by atoms with van der Waals surface area (Å²) in [6, 6.07) is 16.6. The van der Waals surface area contributed by atoms with Crippen LogP contribution < -0.4 is 10.6 Å². The molecule has 0 amide bonds. The maximum Gasteiger partial charge on any atom is 0.0642 e. The summed E-state index contributed by atoms with van der Waals surface area (Å²) in [6.45, 7) is 3.45. The van der Waals surface area contributed by atoms with E-state index in [1.165, 1.54) is 5.69 Å². The fourth-order valence-electron chi connectivity index (χ4n) is 2.45. The number of nitrogen functional groups attached to an aromatic ring is 1. The molecule has 2 N–H and O–H groups in total. The smallest absolute Gasteiger partial charge is 0.0642 e. The minimum atomic E-state index is 0.792. The molecule has 0 aliphatic carbocycles. The lowest BCUT2D eigenvalue weighted by atomic mass is 10.0. The Labute approximate surface area is 113 Å². The average Bonchev–Trinajstić information content (AvgIpc) is 2.49. The maximum atomic E-state index is 6.20. The molecule has 1 aliphatic heterocycles. The molecule has 19 heavy (non-hydrogen) atoms. The van der Waals surface area contributed by atoms with Gasteiger partial charge in [-0.15, -0.1) is 0 Å². The molecule has 0 aromatic heterocycles. The predicted molar refractivity (Wildman–Crippen MR) is 79.3 cm³/mol. The van der Waals surface area contributed by atoms with Crippen molar-refractivity contribution in [2.45, 2.75) is 0 Å². The molecule has 0 atom stereocenters. The quantitative estimate of drug-likeness (QED) is 0.837. The largest absolute Gasteiger partial charge is 0.398 e. The molecule has 0 bridgehead atoms. The van der Waals surface area contributed by atoms with Gasteiger partial charge in [-0.2, -0.15) is 0 Å². The lowest BCUT2D eigenvalue weighted by Gasteiger charge is -2.29. The van der Waals surface area contributed by atoms with Crippen molar-refractivity contribution in [2.24, 2.45) is 0 Å². The molecule has 1 fully saturated rings. The highest BCUT2D eigenvalue weighted by atomic mass is 16.5. The van der Waals surface area contributed by atoms with Gasteiger partial charge in [-0.05, 0) is 17.7 Å². The van der Waals surface area contributed by atoms with Gasteiger partial charge in [0, 0.05) is 30.0 Å². The molecule has 0 radical (unpaired) electrons. The number of morpholine rings is 1. The summed E-state index contributed by atoms with van der Waals surface area (Å²) in [7, 11) is 0. The molecular weight excluding hydrogens is 236 g/mol. The predicted octanol–water partition coefficient (Wildman–Crippen LogP) is 2.77. The first kappa shape index (κ1) is 12.1. The van der Waals surface area contributed by atoms with E-state index in [1.54, 1.807) is 0 Å². The Morgan fingerprint density at radius 3 is 2.37 bits per heavy atom. The molecule has 3 heteroatoms. The summed E-state index contributed by atoms with van der Waals surface area (Å²) >= 11 is 0. The molecule has 98 valence electrons. The molecule has 2 aromatic rings. The second-order valence-corrected chi connectivity index (χ2v) is 4.74. The number of nitrogens with two attached hydrogens (primary N) is 1. The summed E-state index contributed by atoms with van der Waals surface area (Å²) in [4.78, 5) is 2.31. The zero-order chi connectivity index (χ0) is 13.1. The van der Waals surface area contributed by atoms with Crippen molar-refractivity contribution in [3.05, 3.63) is 48.5 Å². The zero-order valence-electron chi connectivity index (χ0n) is 10.9. The van der Waals surface area contributed by atoms with Crippen molar-refractivity contribution in [3.63, 3.8) is 0 Å². The molecule has 3 rings (SSSR count). The van der Waals surface area contributed by atoms with Gasteiger partial charge in [0.25, 0.3) is 0 Å². The van der Waals surface area contributed by atoms with Crippen LogP contribution in [0, 0.1) is 0 Å². The fourth-order valence-corrected chi connectivity index (χ4v) is 2.45. The van der Waals surface area contributed by atoms with Crippen LogP contribution in [0.2, 0.25) is 0 Å². The Morgan fingerprint density at radius 1 is 0.947 bits per heavy atom. The van der Waals surface area contributed by atoms with Crippen molar-refractivity contribution in [3.8, 4) is 11.1 Å². The topological polar surface area (TPSA) is 38.5 Å². The fraction of sp³-hybridized carbons (Fsp3) is 0.250. The normalized spacial score (nSPS) is 15.5. The minimum Gasteiger partial charge on any atom is -0.398 e. The molecule has 0 unspecified atom stereocenters. The number of nitrogens with zero attached hydrogens (tertiary/aromatic N) is 1. The number of hydrogen-bond acceptors (Lipinski definition) is 3. The Kier molecular flexibility index (Phi) is 3.38. The number of anilines is 2. The van der Waals surface area contributed by atoms with Crippen molar-refractivity contribution >= 4 is 11.4 Å². The van der Waals surface area contributed by atoms with Gasteiger partial charge in [0.1, 0.15) is 0 Å². The first-order valence-corrected chi connectivity index (χ1v) is 6.62. The molecule has 1 heterocycles. The Balaban J connectivity index is 1.89. The van der Waals surface area contributed by atoms with Crippen LogP contribution in [0.1, 0.15) is 0 Å². The van der Waals surface area contributed by atoms with Gasteiger partial charge >= 0.3 is 0 Å². The molecule has 0 spiro atoms. The van der Waals surface area contributed by atoms with E-state index in [4.69, 9.17) is 10.5 Å². The zero-order valence-corrected chi connectivity index (χ0v) is 10.9. The molecule has 0 saturated carbocycles. The lowest BCUT2D eigenvalue weighted by Crippen LogP contribution is -2.36. The Hall–Kier alpha value is -2.00. The van der Waals surface area contributed by atoms with Crippen molar-refractivity contribution in [2.75, 3.05) is 36.9 Å². The Bertz CT molecular complexity index is 548. The van der Waals surface area contributed by atoms with E-state index < -0.39 is 0 Å². The van der Waals surface area contributed by atoms with E-state index in [1.807, 2.05) is 18.2 Å². The first-order valence-electron chi connectivity index (χ1n) is 6.62. The third kappa shape index (κ3) is 2.56. The second kappa shape index (κ2) is 5.33. The van der Waals surface area contributed by atoms with Crippen LogP contribution in [0.4, 0.5) is 11.4 Å². The molecule has 1 saturated heterocycles. The van der Waals surface area contributed by atoms with Gasteiger partial charge in [-0.3, -0.25) is 0 Å². The summed E-state index contributed by atoms with van der Waals surface area (Å²) < 4.78 is 5.37. The van der Waals surface area contributed by atoms with E-state index in [9.17, 15) is 0 Å². The van der Waals surface area contributed by atoms with Crippen LogP contribution >= 0.6 is 0 Å². The van der Waals surface area contributed by atoms with E-state index in [0.29, 0.717) is 0 Å². The number of hydrogen-bond donors (Lipinski definition) is 1. The lowest BCUT2D eigenvalue weighted by molar-refractivity contribution is 0.122. The summed E-state index contributed by atoms with van der Waals surface area (Å²) in [5, 5.41) is 0. The second-order valence-electron chi connectivity index (χ2n) is 4.74. The van der Waals surface area contributed by atoms with E-state index in [-0.39, 0.29) is 0 Å².